The summed E-state index contributed by atoms with van der Waals surface area (Å²) < 4.78 is 116. The van der Waals surface area contributed by atoms with Crippen LogP contribution >= 0.6 is 0 Å². The molecule has 6 aromatic carbocycles. The molecule has 320 valence electrons. The second-order valence-electron chi connectivity index (χ2n) is 12.6. The van der Waals surface area contributed by atoms with Crippen LogP contribution in [0.1, 0.15) is 0 Å². The lowest BCUT2D eigenvalue weighted by Crippen LogP contribution is -2.18. The van der Waals surface area contributed by atoms with Gasteiger partial charge >= 0.3 is 10.1 Å². The molecule has 61 heavy (non-hydrogen) atoms. The normalized spacial score (nSPS) is 12.8. The van der Waals surface area contributed by atoms with Gasteiger partial charge in [0.25, 0.3) is 20.2 Å². The predicted octanol–water partition coefficient (Wildman–Crippen LogP) is 6.31. The minimum atomic E-state index is -4.59. The van der Waals surface area contributed by atoms with E-state index in [1.807, 2.05) is 0 Å². The lowest BCUT2D eigenvalue weighted by atomic mass is 10.1. The van der Waals surface area contributed by atoms with Gasteiger partial charge in [-0.15, -0.1) is 20.5 Å². The van der Waals surface area contributed by atoms with Crippen molar-refractivity contribution in [1.29, 1.82) is 0 Å². The Balaban J connectivity index is 1.39. The molecule has 6 N–H and O–H groups in total. The lowest BCUT2D eigenvalue weighted by Gasteiger charge is -2.14. The average Bonchev–Trinajstić information content (AvgIpc) is 3.20. The maximum Gasteiger partial charge on any atom is 0.306 e. The molecule has 0 spiro atoms. The maximum absolute atomic E-state index is 13.1. The number of rotatable bonds is 14. The van der Waals surface area contributed by atoms with E-state index in [2.05, 4.69) is 34.7 Å². The van der Waals surface area contributed by atoms with Gasteiger partial charge in [0.2, 0.25) is 10.0 Å². The van der Waals surface area contributed by atoms with Crippen LogP contribution in [-0.2, 0) is 48.7 Å². The summed E-state index contributed by atoms with van der Waals surface area (Å²) >= 11 is 0. The number of nitrogens with one attached hydrogen (secondary N) is 2. The first-order chi connectivity index (χ1) is 28.6. The lowest BCUT2D eigenvalue weighted by molar-refractivity contribution is 0.396. The van der Waals surface area contributed by atoms with Crippen molar-refractivity contribution in [3.05, 3.63) is 84.9 Å². The molecule has 0 saturated carbocycles. The van der Waals surface area contributed by atoms with Crippen molar-refractivity contribution in [3.63, 3.8) is 0 Å². The van der Waals surface area contributed by atoms with Crippen LogP contribution in [0.2, 0.25) is 0 Å². The number of hydrogen-bond donors (Lipinski definition) is 6. The second-order valence-corrected chi connectivity index (χ2v) is 19.4. The van der Waals surface area contributed by atoms with Gasteiger partial charge in [-0.2, -0.15) is 25.3 Å². The molecule has 0 radical (unpaired) electrons. The Hall–Kier alpha value is -6.48. The largest absolute Gasteiger partial charge is 0.506 e. The van der Waals surface area contributed by atoms with Crippen molar-refractivity contribution >= 4 is 96.0 Å². The molecule has 6 rings (SSSR count). The van der Waals surface area contributed by atoms with Crippen LogP contribution in [-0.4, -0.2) is 81.6 Å². The Morgan fingerprint density at radius 2 is 1.05 bits per heavy atom. The molecule has 0 unspecified atom stereocenters. The van der Waals surface area contributed by atoms with E-state index in [0.29, 0.717) is 11.4 Å². The van der Waals surface area contributed by atoms with Gasteiger partial charge in [-0.3, -0.25) is 8.37 Å². The third-order valence-corrected chi connectivity index (χ3v) is 13.1. The molecule has 0 fully saturated rings. The predicted molar refractivity (Wildman–Crippen MR) is 219 cm³/mol. The summed E-state index contributed by atoms with van der Waals surface area (Å²) in [6.07, 6.45) is 0.749. The van der Waals surface area contributed by atoms with Crippen LogP contribution in [0, 0.1) is 0 Å². The van der Waals surface area contributed by atoms with E-state index in [1.165, 1.54) is 49.5 Å². The van der Waals surface area contributed by atoms with Gasteiger partial charge in [-0.1, -0.05) is 0 Å². The molecule has 0 saturated heterocycles. The summed E-state index contributed by atoms with van der Waals surface area (Å²) in [5.74, 6) is -2.73. The van der Waals surface area contributed by atoms with Crippen LogP contribution in [0.25, 0.3) is 21.5 Å². The monoisotopic (exact) mass is 916 g/mol. The highest BCUT2D eigenvalue weighted by Gasteiger charge is 2.25. The van der Waals surface area contributed by atoms with Gasteiger partial charge < -0.3 is 29.9 Å². The van der Waals surface area contributed by atoms with Gasteiger partial charge in [0, 0.05) is 22.1 Å². The molecule has 0 aliphatic rings. The number of phenols is 4. The van der Waals surface area contributed by atoms with Crippen LogP contribution < -0.4 is 14.2 Å². The van der Waals surface area contributed by atoms with Crippen molar-refractivity contribution in [1.82, 2.24) is 4.72 Å². The minimum absolute atomic E-state index is 0.0888. The summed E-state index contributed by atoms with van der Waals surface area (Å²) in [5.41, 5.74) is -1.10. The molecule has 25 heteroatoms. The van der Waals surface area contributed by atoms with Crippen molar-refractivity contribution in [2.24, 2.45) is 20.5 Å². The van der Waals surface area contributed by atoms with Crippen LogP contribution in [0.3, 0.4) is 0 Å². The molecule has 0 bridgehead atoms. The first kappa shape index (κ1) is 44.1. The number of fused-ring (bicyclic) bond motifs is 2. The van der Waals surface area contributed by atoms with Crippen molar-refractivity contribution in [3.8, 4) is 28.7 Å². The molecule has 0 aliphatic carbocycles. The Morgan fingerprint density at radius 3 is 1.57 bits per heavy atom. The fraction of sp³-hybridized carbons (Fsp3) is 0.111. The van der Waals surface area contributed by atoms with E-state index in [1.54, 1.807) is 0 Å². The van der Waals surface area contributed by atoms with E-state index in [0.717, 1.165) is 62.9 Å². The zero-order chi connectivity index (χ0) is 44.7. The average molecular weight is 917 g/mol. The fourth-order valence-corrected chi connectivity index (χ4v) is 8.35. The maximum atomic E-state index is 13.1. The van der Waals surface area contributed by atoms with Gasteiger partial charge in [0.1, 0.15) is 33.5 Å². The van der Waals surface area contributed by atoms with Crippen LogP contribution in [0.15, 0.2) is 120 Å². The highest BCUT2D eigenvalue weighted by molar-refractivity contribution is 7.89. The van der Waals surface area contributed by atoms with E-state index in [9.17, 15) is 54.1 Å². The van der Waals surface area contributed by atoms with Crippen LogP contribution in [0.4, 0.5) is 34.1 Å². The van der Waals surface area contributed by atoms with Gasteiger partial charge in [-0.25, -0.2) is 13.1 Å². The van der Waals surface area contributed by atoms with Gasteiger partial charge in [0.05, 0.1) is 30.3 Å². The quantitative estimate of drug-likeness (QED) is 0.0515. The first-order valence-corrected chi connectivity index (χ1v) is 23.0. The molecule has 0 amide bonds. The number of hydrogen-bond acceptors (Lipinski definition) is 20. The van der Waals surface area contributed by atoms with Gasteiger partial charge in [0.15, 0.2) is 22.9 Å². The van der Waals surface area contributed by atoms with Crippen molar-refractivity contribution in [2.45, 2.75) is 14.7 Å². The molecular formula is C36H32N6O15S4. The molecular weight excluding hydrogens is 885 g/mol. The molecule has 0 atom stereocenters. The molecule has 0 aliphatic heterocycles. The number of benzene rings is 6. The summed E-state index contributed by atoms with van der Waals surface area (Å²) in [7, 11) is -14.0. The molecule has 21 nitrogen and oxygen atoms in total. The third kappa shape index (κ3) is 9.31. The van der Waals surface area contributed by atoms with E-state index >= 15 is 0 Å². The summed E-state index contributed by atoms with van der Waals surface area (Å²) in [6.45, 7) is 0. The SMILES string of the molecule is CNS(=O)(=O)c1ccc(O)c(N=Nc2c(OS(C)(=O)=O)cc3cc(Nc4ccc5c(O)c(N=Nc6cc(S(=O)(=O)OC)ccc6O)c(S(=O)(=O)OC)cc5c4)ccc3c2O)c1. The Morgan fingerprint density at radius 1 is 0.557 bits per heavy atom. The summed E-state index contributed by atoms with van der Waals surface area (Å²) in [6, 6.07) is 17.4. The second kappa shape index (κ2) is 16.5. The number of azo groups is 2. The smallest absolute Gasteiger partial charge is 0.306 e. The molecule has 6 aromatic rings. The van der Waals surface area contributed by atoms with Crippen LogP contribution in [0.5, 0.6) is 28.7 Å². The number of nitrogens with zero attached hydrogens (tertiary/aromatic N) is 4. The van der Waals surface area contributed by atoms with E-state index in [-0.39, 0.29) is 32.1 Å². The number of sulfonamides is 1. The molecule has 0 aromatic heterocycles. The zero-order valence-corrected chi connectivity index (χ0v) is 35.1. The first-order valence-electron chi connectivity index (χ1n) is 16.9. The summed E-state index contributed by atoms with van der Waals surface area (Å²) in [4.78, 5) is -1.30. The highest BCUT2D eigenvalue weighted by atomic mass is 32.2. The third-order valence-electron chi connectivity index (χ3n) is 8.62. The Labute approximate surface area is 347 Å². The zero-order valence-electron chi connectivity index (χ0n) is 31.8. The Kier molecular flexibility index (Phi) is 11.9. The summed E-state index contributed by atoms with van der Waals surface area (Å²) in [5, 5.41) is 62.2. The van der Waals surface area contributed by atoms with Crippen molar-refractivity contribution < 1.29 is 66.6 Å². The van der Waals surface area contributed by atoms with Crippen molar-refractivity contribution in [2.75, 3.05) is 32.8 Å². The topological polar surface area (TPSA) is 319 Å². The van der Waals surface area contributed by atoms with E-state index < -0.39 is 96.0 Å². The fourth-order valence-electron chi connectivity index (χ4n) is 5.64. The molecule has 0 heterocycles. The number of aromatic hydroxyl groups is 4. The standard InChI is InChI=1S/C36H32N6O15S4/c1-37-59(49,50)23-7-11-29(43)27(17-23)39-41-33-31(57-58(4,47)48)15-19-13-21(5-9-25(19)35(33)45)38-22-6-10-26-20(14-22)16-32(61(53,54)56-3)34(36(26)46)42-40-28-18-24(8-12-30(28)44)60(51,52)55-2/h5-18,37-38,43-46H,1-4H3. The van der Waals surface area contributed by atoms with E-state index in [4.69, 9.17) is 8.37 Å². The number of phenolic OH excluding ortho intramolecular Hbond substituents is 4. The number of anilines is 2. The highest BCUT2D eigenvalue weighted by Crippen LogP contribution is 2.47. The van der Waals surface area contributed by atoms with Gasteiger partial charge in [-0.05, 0) is 103 Å². The minimum Gasteiger partial charge on any atom is -0.506 e. The Bertz CT molecular complexity index is 3290.